The number of ether oxygens (including phenoxy) is 1. The normalized spacial score (nSPS) is 19.0. The van der Waals surface area contributed by atoms with Crippen LogP contribution in [0.3, 0.4) is 0 Å². The molecule has 0 bridgehead atoms. The molecule has 1 saturated heterocycles. The van der Waals surface area contributed by atoms with E-state index in [1.165, 1.54) is 20.0 Å². The van der Waals surface area contributed by atoms with Gasteiger partial charge in [-0.25, -0.2) is 19.0 Å². The fourth-order valence-corrected chi connectivity index (χ4v) is 5.00. The third kappa shape index (κ3) is 6.33. The number of carboxylic acids is 1. The van der Waals surface area contributed by atoms with E-state index in [9.17, 15) is 29.1 Å². The van der Waals surface area contributed by atoms with Crippen LogP contribution in [0.5, 0.6) is 0 Å². The van der Waals surface area contributed by atoms with E-state index in [4.69, 9.17) is 4.74 Å². The van der Waals surface area contributed by atoms with E-state index in [1.54, 1.807) is 28.5 Å². The van der Waals surface area contributed by atoms with Crippen molar-refractivity contribution in [1.29, 1.82) is 0 Å². The molecule has 3 aromatic rings. The Balaban J connectivity index is 1.16. The number of nitrogens with one attached hydrogen (secondary N) is 3. The standard InChI is InChI=1S/C30H33FN6O7/c1-15(32-27(39)16(2)33-30(43)44-14-18-7-5-4-6-8-18)28(40)34-23-13-36(17(23)3)26-22(31)11-20-24(38)21(29(41)42)12-37(19-9-10-19)25(20)35-26/h4-8,11-12,15-17,19,23H,9-10,13-14H2,1-3H3,(H,32,39)(H,33,43)(H,34,40)(H,41,42)/t15-,16-,17-,23+/m0/s1. The Bertz CT molecular complexity index is 1680. The van der Waals surface area contributed by atoms with Crippen molar-refractivity contribution in [3.05, 3.63) is 69.8 Å². The number of aromatic carboxylic acids is 1. The van der Waals surface area contributed by atoms with Gasteiger partial charge < -0.3 is 35.3 Å². The number of carbonyl (C=O) groups is 4. The first-order valence-electron chi connectivity index (χ1n) is 14.3. The average Bonchev–Trinajstić information content (AvgIpc) is 3.84. The summed E-state index contributed by atoms with van der Waals surface area (Å²) in [7, 11) is 0. The van der Waals surface area contributed by atoms with Gasteiger partial charge in [-0.3, -0.25) is 14.4 Å². The number of hydrogen-bond donors (Lipinski definition) is 4. The summed E-state index contributed by atoms with van der Waals surface area (Å²) in [6.45, 7) is 5.00. The number of alkyl carbamates (subject to hydrolysis) is 1. The summed E-state index contributed by atoms with van der Waals surface area (Å²) in [6.07, 6.45) is 2.08. The molecule has 5 rings (SSSR count). The van der Waals surface area contributed by atoms with Gasteiger partial charge in [-0.05, 0) is 45.2 Å². The van der Waals surface area contributed by atoms with Gasteiger partial charge in [0.05, 0.1) is 11.4 Å². The highest BCUT2D eigenvalue weighted by Crippen LogP contribution is 2.37. The van der Waals surface area contributed by atoms with Crippen LogP contribution in [-0.2, 0) is 20.9 Å². The average molecular weight is 609 g/mol. The van der Waals surface area contributed by atoms with E-state index in [0.717, 1.165) is 24.5 Å². The fraction of sp³-hybridized carbons (Fsp3) is 0.400. The number of hydrogen-bond acceptors (Lipinski definition) is 8. The van der Waals surface area contributed by atoms with Gasteiger partial charge in [-0.1, -0.05) is 30.3 Å². The van der Waals surface area contributed by atoms with Crippen LogP contribution in [0.2, 0.25) is 0 Å². The molecular weight excluding hydrogens is 575 g/mol. The Hall–Kier alpha value is -5.01. The molecule has 44 heavy (non-hydrogen) atoms. The number of carbonyl (C=O) groups excluding carboxylic acids is 3. The number of halogens is 1. The van der Waals surface area contributed by atoms with Crippen molar-refractivity contribution >= 4 is 40.7 Å². The predicted octanol–water partition coefficient (Wildman–Crippen LogP) is 2.08. The van der Waals surface area contributed by atoms with Crippen molar-refractivity contribution in [1.82, 2.24) is 25.5 Å². The monoisotopic (exact) mass is 608 g/mol. The number of amides is 3. The van der Waals surface area contributed by atoms with E-state index in [0.29, 0.717) is 0 Å². The maximum absolute atomic E-state index is 15.2. The zero-order valence-corrected chi connectivity index (χ0v) is 24.4. The SMILES string of the molecule is C[C@H](NC(=O)OCc1ccccc1)C(=O)N[C@@H](C)C(=O)N[C@@H]1CN(c2nc3c(cc2F)c(=O)c(C(=O)O)cn3C2CC2)[C@H]1C. The summed E-state index contributed by atoms with van der Waals surface area (Å²) in [5.41, 5.74) is -0.232. The molecule has 13 nitrogen and oxygen atoms in total. The predicted molar refractivity (Wildman–Crippen MR) is 157 cm³/mol. The molecule has 4 atom stereocenters. The summed E-state index contributed by atoms with van der Waals surface area (Å²) in [6, 6.07) is 7.41. The largest absolute Gasteiger partial charge is 0.477 e. The second kappa shape index (κ2) is 12.3. The third-order valence-corrected chi connectivity index (χ3v) is 7.87. The van der Waals surface area contributed by atoms with E-state index in [1.807, 2.05) is 18.2 Å². The van der Waals surface area contributed by atoms with Crippen LogP contribution in [0.1, 0.15) is 55.6 Å². The molecule has 4 N–H and O–H groups in total. The lowest BCUT2D eigenvalue weighted by atomic mass is 9.97. The second-order valence-electron chi connectivity index (χ2n) is 11.1. The first-order valence-corrected chi connectivity index (χ1v) is 14.3. The lowest BCUT2D eigenvalue weighted by Gasteiger charge is -2.47. The van der Waals surface area contributed by atoms with Crippen molar-refractivity contribution in [2.75, 3.05) is 11.4 Å². The van der Waals surface area contributed by atoms with Gasteiger partial charge in [-0.2, -0.15) is 0 Å². The van der Waals surface area contributed by atoms with Gasteiger partial charge in [0.2, 0.25) is 17.2 Å². The highest BCUT2D eigenvalue weighted by molar-refractivity contribution is 5.92. The van der Waals surface area contributed by atoms with Gasteiger partial charge in [0, 0.05) is 24.8 Å². The minimum Gasteiger partial charge on any atom is -0.477 e. The van der Waals surface area contributed by atoms with Crippen LogP contribution in [0.15, 0.2) is 47.4 Å². The minimum atomic E-state index is -1.39. The molecule has 1 aliphatic carbocycles. The topological polar surface area (TPSA) is 172 Å². The number of anilines is 1. The summed E-state index contributed by atoms with van der Waals surface area (Å²) >= 11 is 0. The summed E-state index contributed by atoms with van der Waals surface area (Å²) in [4.78, 5) is 67.8. The number of benzene rings is 1. The number of carboxylic acid groups (broad SMARTS) is 1. The van der Waals surface area contributed by atoms with Crippen molar-refractivity contribution < 1.29 is 33.4 Å². The van der Waals surface area contributed by atoms with Crippen LogP contribution in [0.4, 0.5) is 15.0 Å². The van der Waals surface area contributed by atoms with Gasteiger partial charge in [0.25, 0.3) is 0 Å². The van der Waals surface area contributed by atoms with Gasteiger partial charge >= 0.3 is 12.1 Å². The Morgan fingerprint density at radius 2 is 1.77 bits per heavy atom. The van der Waals surface area contributed by atoms with Crippen LogP contribution in [0, 0.1) is 5.82 Å². The van der Waals surface area contributed by atoms with E-state index in [-0.39, 0.29) is 48.1 Å². The molecule has 2 fully saturated rings. The fourth-order valence-electron chi connectivity index (χ4n) is 5.00. The second-order valence-corrected chi connectivity index (χ2v) is 11.1. The Labute approximate surface area is 251 Å². The molecule has 0 unspecified atom stereocenters. The number of pyridine rings is 2. The zero-order chi connectivity index (χ0) is 31.7. The maximum atomic E-state index is 15.2. The van der Waals surface area contributed by atoms with Crippen LogP contribution >= 0.6 is 0 Å². The molecule has 14 heteroatoms. The van der Waals surface area contributed by atoms with Crippen molar-refractivity contribution in [2.45, 2.75) is 70.4 Å². The molecule has 1 aromatic carbocycles. The number of aromatic nitrogens is 2. The zero-order valence-electron chi connectivity index (χ0n) is 24.4. The molecule has 232 valence electrons. The summed E-state index contributed by atoms with van der Waals surface area (Å²) < 4.78 is 22.0. The summed E-state index contributed by atoms with van der Waals surface area (Å²) in [5.74, 6) is -3.22. The molecule has 3 amide bonds. The number of fused-ring (bicyclic) bond motifs is 1. The van der Waals surface area contributed by atoms with Crippen LogP contribution in [0.25, 0.3) is 11.0 Å². The van der Waals surface area contributed by atoms with E-state index in [2.05, 4.69) is 20.9 Å². The van der Waals surface area contributed by atoms with E-state index < -0.39 is 52.8 Å². The third-order valence-electron chi connectivity index (χ3n) is 7.87. The molecule has 1 saturated carbocycles. The van der Waals surface area contributed by atoms with Gasteiger partial charge in [0.1, 0.15) is 29.9 Å². The Morgan fingerprint density at radius 3 is 2.41 bits per heavy atom. The highest BCUT2D eigenvalue weighted by atomic mass is 19.1. The molecule has 3 heterocycles. The van der Waals surface area contributed by atoms with Crippen molar-refractivity contribution in [3.8, 4) is 0 Å². The Morgan fingerprint density at radius 1 is 1.09 bits per heavy atom. The van der Waals surface area contributed by atoms with Gasteiger partial charge in [0.15, 0.2) is 11.6 Å². The van der Waals surface area contributed by atoms with Crippen molar-refractivity contribution in [2.24, 2.45) is 0 Å². The molecule has 1 aliphatic heterocycles. The smallest absolute Gasteiger partial charge is 0.408 e. The first-order chi connectivity index (χ1) is 20.9. The number of rotatable bonds is 10. The lowest BCUT2D eigenvalue weighted by molar-refractivity contribution is -0.130. The quantitative estimate of drug-likeness (QED) is 0.269. The molecule has 2 aliphatic rings. The van der Waals surface area contributed by atoms with E-state index >= 15 is 4.39 Å². The lowest BCUT2D eigenvalue weighted by Crippen LogP contribution is -2.67. The van der Waals surface area contributed by atoms with Crippen LogP contribution < -0.4 is 26.3 Å². The van der Waals surface area contributed by atoms with Gasteiger partial charge in [-0.15, -0.1) is 0 Å². The van der Waals surface area contributed by atoms with Crippen molar-refractivity contribution in [3.63, 3.8) is 0 Å². The summed E-state index contributed by atoms with van der Waals surface area (Å²) in [5, 5.41) is 17.2. The minimum absolute atomic E-state index is 0.00669. The molecule has 2 aromatic heterocycles. The Kier molecular flexibility index (Phi) is 8.52. The highest BCUT2D eigenvalue weighted by Gasteiger charge is 2.40. The molecular formula is C30H33FN6O7. The maximum Gasteiger partial charge on any atom is 0.408 e. The van der Waals surface area contributed by atoms with Crippen LogP contribution in [-0.4, -0.2) is 69.2 Å². The first kappa shape index (κ1) is 30.4. The number of nitrogens with zero attached hydrogens (tertiary/aromatic N) is 3. The molecule has 0 spiro atoms. The molecule has 0 radical (unpaired) electrons.